The fourth-order valence-corrected chi connectivity index (χ4v) is 4.17. The normalized spacial score (nSPS) is 12.5. The topological polar surface area (TPSA) is 21.3 Å². The maximum Gasteiger partial charge on any atom is 0.147 e. The molecule has 0 fully saturated rings. The molecule has 0 bridgehead atoms. The lowest BCUT2D eigenvalue weighted by Crippen LogP contribution is -2.25. The van der Waals surface area contributed by atoms with E-state index in [0.717, 1.165) is 45.2 Å². The van der Waals surface area contributed by atoms with Gasteiger partial charge in [-0.05, 0) is 70.3 Å². The molecular formula is C13H18Br3NO. The second-order valence-electron chi connectivity index (χ2n) is 4.15. The van der Waals surface area contributed by atoms with Crippen LogP contribution in [-0.2, 0) is 0 Å². The van der Waals surface area contributed by atoms with Crippen molar-refractivity contribution < 1.29 is 4.74 Å². The smallest absolute Gasteiger partial charge is 0.147 e. The van der Waals surface area contributed by atoms with Crippen molar-refractivity contribution in [2.75, 3.05) is 13.2 Å². The van der Waals surface area contributed by atoms with Crippen molar-refractivity contribution in [3.05, 3.63) is 25.6 Å². The molecule has 0 aromatic heterocycles. The second-order valence-corrected chi connectivity index (χ2v) is 6.77. The minimum atomic E-state index is 0.551. The zero-order chi connectivity index (χ0) is 13.5. The highest BCUT2D eigenvalue weighted by atomic mass is 79.9. The maximum atomic E-state index is 5.81. The molecule has 0 saturated heterocycles. The molecule has 0 spiro atoms. The minimum Gasteiger partial charge on any atom is -0.491 e. The number of hydrogen-bond acceptors (Lipinski definition) is 2. The van der Waals surface area contributed by atoms with E-state index in [1.54, 1.807) is 0 Å². The SMILES string of the molecule is CCNC(C)CCCOc1c(Br)cc(Br)cc1Br. The van der Waals surface area contributed by atoms with Gasteiger partial charge in [-0.1, -0.05) is 22.9 Å². The predicted octanol–water partition coefficient (Wildman–Crippen LogP) is 5.13. The summed E-state index contributed by atoms with van der Waals surface area (Å²) in [6.07, 6.45) is 2.17. The quantitative estimate of drug-likeness (QED) is 0.590. The van der Waals surface area contributed by atoms with E-state index >= 15 is 0 Å². The van der Waals surface area contributed by atoms with E-state index in [1.807, 2.05) is 12.1 Å². The van der Waals surface area contributed by atoms with Crippen LogP contribution in [0.25, 0.3) is 0 Å². The van der Waals surface area contributed by atoms with E-state index in [9.17, 15) is 0 Å². The Morgan fingerprint density at radius 2 is 1.83 bits per heavy atom. The largest absolute Gasteiger partial charge is 0.491 e. The molecule has 1 aromatic carbocycles. The van der Waals surface area contributed by atoms with Crippen LogP contribution in [0.3, 0.4) is 0 Å². The van der Waals surface area contributed by atoms with Crippen LogP contribution in [0.2, 0.25) is 0 Å². The van der Waals surface area contributed by atoms with Gasteiger partial charge in [-0.2, -0.15) is 0 Å². The van der Waals surface area contributed by atoms with Gasteiger partial charge < -0.3 is 10.1 Å². The van der Waals surface area contributed by atoms with Gasteiger partial charge in [0.15, 0.2) is 0 Å². The standard InChI is InChI=1S/C13H18Br3NO/c1-3-17-9(2)5-4-6-18-13-11(15)7-10(14)8-12(13)16/h7-9,17H,3-6H2,1-2H3. The number of nitrogens with one attached hydrogen (secondary N) is 1. The highest BCUT2D eigenvalue weighted by Gasteiger charge is 2.08. The first-order chi connectivity index (χ1) is 8.54. The van der Waals surface area contributed by atoms with Crippen LogP contribution in [0.5, 0.6) is 5.75 Å². The molecule has 0 amide bonds. The van der Waals surface area contributed by atoms with Crippen molar-refractivity contribution in [3.63, 3.8) is 0 Å². The van der Waals surface area contributed by atoms with Crippen LogP contribution in [-0.4, -0.2) is 19.2 Å². The molecule has 0 saturated carbocycles. The Morgan fingerprint density at radius 3 is 2.39 bits per heavy atom. The Labute approximate surface area is 134 Å². The number of hydrogen-bond donors (Lipinski definition) is 1. The first kappa shape index (κ1) is 16.5. The van der Waals surface area contributed by atoms with Gasteiger partial charge in [0.05, 0.1) is 15.6 Å². The average molecular weight is 444 g/mol. The van der Waals surface area contributed by atoms with Crippen molar-refractivity contribution in [3.8, 4) is 5.75 Å². The summed E-state index contributed by atoms with van der Waals surface area (Å²) in [5, 5.41) is 3.39. The number of halogens is 3. The van der Waals surface area contributed by atoms with E-state index in [2.05, 4.69) is 67.0 Å². The summed E-state index contributed by atoms with van der Waals surface area (Å²) in [5.74, 6) is 0.870. The highest BCUT2D eigenvalue weighted by Crippen LogP contribution is 2.36. The molecule has 2 nitrogen and oxygen atoms in total. The van der Waals surface area contributed by atoms with Crippen LogP contribution in [0.15, 0.2) is 25.6 Å². The molecule has 102 valence electrons. The zero-order valence-corrected chi connectivity index (χ0v) is 15.4. The van der Waals surface area contributed by atoms with Crippen molar-refractivity contribution in [1.82, 2.24) is 5.32 Å². The Hall–Kier alpha value is 0.420. The first-order valence-electron chi connectivity index (χ1n) is 6.05. The second kappa shape index (κ2) is 8.56. The van der Waals surface area contributed by atoms with Crippen molar-refractivity contribution in [1.29, 1.82) is 0 Å². The van der Waals surface area contributed by atoms with Gasteiger partial charge in [-0.15, -0.1) is 0 Å². The van der Waals surface area contributed by atoms with Gasteiger partial charge in [0.2, 0.25) is 0 Å². The molecule has 1 aromatic rings. The fraction of sp³-hybridized carbons (Fsp3) is 0.538. The first-order valence-corrected chi connectivity index (χ1v) is 8.43. The van der Waals surface area contributed by atoms with Crippen molar-refractivity contribution in [2.24, 2.45) is 0 Å². The number of benzene rings is 1. The molecule has 0 aliphatic carbocycles. The van der Waals surface area contributed by atoms with Gasteiger partial charge >= 0.3 is 0 Å². The van der Waals surface area contributed by atoms with Gasteiger partial charge in [0, 0.05) is 10.5 Å². The van der Waals surface area contributed by atoms with Crippen LogP contribution < -0.4 is 10.1 Å². The van der Waals surface area contributed by atoms with E-state index in [1.165, 1.54) is 0 Å². The summed E-state index contributed by atoms with van der Waals surface area (Å²) in [7, 11) is 0. The summed E-state index contributed by atoms with van der Waals surface area (Å²) in [5.41, 5.74) is 0. The third-order valence-corrected chi connectivity index (χ3v) is 4.18. The molecule has 1 atom stereocenters. The molecule has 1 rings (SSSR count). The van der Waals surface area contributed by atoms with E-state index < -0.39 is 0 Å². The molecule has 0 aliphatic heterocycles. The van der Waals surface area contributed by atoms with Gasteiger partial charge in [0.25, 0.3) is 0 Å². The minimum absolute atomic E-state index is 0.551. The molecule has 5 heteroatoms. The summed E-state index contributed by atoms with van der Waals surface area (Å²) >= 11 is 10.5. The van der Waals surface area contributed by atoms with Crippen LogP contribution >= 0.6 is 47.8 Å². The van der Waals surface area contributed by atoms with Gasteiger partial charge in [-0.25, -0.2) is 0 Å². The Bertz CT molecular complexity index is 361. The fourth-order valence-electron chi connectivity index (χ4n) is 1.68. The van der Waals surface area contributed by atoms with Gasteiger partial charge in [-0.3, -0.25) is 0 Å². The Morgan fingerprint density at radius 1 is 1.22 bits per heavy atom. The maximum absolute atomic E-state index is 5.81. The Balaban J connectivity index is 2.40. The molecule has 0 aliphatic rings. The van der Waals surface area contributed by atoms with Crippen LogP contribution in [0.4, 0.5) is 0 Å². The molecular weight excluding hydrogens is 426 g/mol. The summed E-state index contributed by atoms with van der Waals surface area (Å²) < 4.78 is 8.75. The molecule has 18 heavy (non-hydrogen) atoms. The summed E-state index contributed by atoms with van der Waals surface area (Å²) in [6, 6.07) is 4.53. The van der Waals surface area contributed by atoms with E-state index in [4.69, 9.17) is 4.74 Å². The highest BCUT2D eigenvalue weighted by molar-refractivity contribution is 9.11. The lowest BCUT2D eigenvalue weighted by molar-refractivity contribution is 0.295. The lowest BCUT2D eigenvalue weighted by Gasteiger charge is -2.14. The molecule has 1 unspecified atom stereocenters. The van der Waals surface area contributed by atoms with E-state index in [0.29, 0.717) is 6.04 Å². The average Bonchev–Trinajstić information content (AvgIpc) is 2.27. The summed E-state index contributed by atoms with van der Waals surface area (Å²) in [6.45, 7) is 6.08. The van der Waals surface area contributed by atoms with Crippen LogP contribution in [0.1, 0.15) is 26.7 Å². The van der Waals surface area contributed by atoms with Gasteiger partial charge in [0.1, 0.15) is 5.75 Å². The number of rotatable bonds is 7. The molecule has 0 radical (unpaired) electrons. The molecule has 0 heterocycles. The Kier molecular flexibility index (Phi) is 7.84. The lowest BCUT2D eigenvalue weighted by atomic mass is 10.2. The summed E-state index contributed by atoms with van der Waals surface area (Å²) in [4.78, 5) is 0. The molecule has 1 N–H and O–H groups in total. The predicted molar refractivity (Wildman–Crippen MR) is 87.4 cm³/mol. The third-order valence-electron chi connectivity index (χ3n) is 2.54. The number of ether oxygens (including phenoxy) is 1. The van der Waals surface area contributed by atoms with Crippen molar-refractivity contribution in [2.45, 2.75) is 32.7 Å². The van der Waals surface area contributed by atoms with Crippen LogP contribution in [0, 0.1) is 0 Å². The monoisotopic (exact) mass is 441 g/mol. The third kappa shape index (κ3) is 5.59. The zero-order valence-electron chi connectivity index (χ0n) is 10.6. The van der Waals surface area contributed by atoms with Crippen molar-refractivity contribution >= 4 is 47.8 Å². The van der Waals surface area contributed by atoms with E-state index in [-0.39, 0.29) is 0 Å².